The number of aromatic nitrogens is 4. The van der Waals surface area contributed by atoms with Gasteiger partial charge in [-0.2, -0.15) is 5.10 Å². The highest BCUT2D eigenvalue weighted by molar-refractivity contribution is 5.86. The molecule has 6 heteroatoms. The predicted molar refractivity (Wildman–Crippen MR) is 70.2 cm³/mol. The molecule has 2 aromatic rings. The highest BCUT2D eigenvalue weighted by atomic mass is 15.3. The molecule has 1 saturated carbocycles. The molecular weight excluding hydrogens is 228 g/mol. The summed E-state index contributed by atoms with van der Waals surface area (Å²) in [6, 6.07) is 0.512. The Morgan fingerprint density at radius 1 is 1.33 bits per heavy atom. The van der Waals surface area contributed by atoms with Crippen LogP contribution in [0.1, 0.15) is 25.7 Å². The summed E-state index contributed by atoms with van der Waals surface area (Å²) in [7, 11) is 1.88. The lowest BCUT2D eigenvalue weighted by Gasteiger charge is -2.29. The molecule has 0 bridgehead atoms. The van der Waals surface area contributed by atoms with Crippen LogP contribution in [0, 0.1) is 0 Å². The predicted octanol–water partition coefficient (Wildman–Crippen LogP) is 1.05. The number of anilines is 1. The van der Waals surface area contributed by atoms with E-state index in [0.29, 0.717) is 6.04 Å². The van der Waals surface area contributed by atoms with Crippen molar-refractivity contribution in [3.63, 3.8) is 0 Å². The molecule has 0 saturated heterocycles. The second kappa shape index (κ2) is 4.53. The van der Waals surface area contributed by atoms with Gasteiger partial charge in [0.05, 0.1) is 11.6 Å². The Morgan fingerprint density at radius 2 is 2.17 bits per heavy atom. The van der Waals surface area contributed by atoms with E-state index in [4.69, 9.17) is 5.73 Å². The minimum atomic E-state index is 0.209. The summed E-state index contributed by atoms with van der Waals surface area (Å²) in [5, 5.41) is 8.63. The summed E-state index contributed by atoms with van der Waals surface area (Å²) in [6.07, 6.45) is 8.01. The number of nitrogens with zero attached hydrogens (tertiary/aromatic N) is 4. The zero-order valence-corrected chi connectivity index (χ0v) is 10.5. The third-order valence-electron chi connectivity index (χ3n) is 3.67. The van der Waals surface area contributed by atoms with Gasteiger partial charge in [-0.1, -0.05) is 12.8 Å². The molecule has 2 aromatic heterocycles. The van der Waals surface area contributed by atoms with Gasteiger partial charge in [0.2, 0.25) is 0 Å². The molecule has 1 fully saturated rings. The molecule has 0 amide bonds. The molecule has 0 aliphatic heterocycles. The molecule has 0 radical (unpaired) electrons. The largest absolute Gasteiger partial charge is 0.365 e. The van der Waals surface area contributed by atoms with E-state index in [-0.39, 0.29) is 6.04 Å². The topological polar surface area (TPSA) is 81.7 Å². The van der Waals surface area contributed by atoms with Crippen LogP contribution in [0.3, 0.4) is 0 Å². The molecule has 18 heavy (non-hydrogen) atoms. The lowest BCUT2D eigenvalue weighted by Crippen LogP contribution is -2.42. The lowest BCUT2D eigenvalue weighted by atomic mass is 9.91. The molecular formula is C12H18N6. The van der Waals surface area contributed by atoms with Crippen molar-refractivity contribution >= 4 is 16.9 Å². The number of nitrogens with two attached hydrogens (primary N) is 1. The van der Waals surface area contributed by atoms with Crippen molar-refractivity contribution in [1.29, 1.82) is 0 Å². The summed E-state index contributed by atoms with van der Waals surface area (Å²) in [5.41, 5.74) is 6.99. The van der Waals surface area contributed by atoms with Crippen molar-refractivity contribution in [3.8, 4) is 0 Å². The third-order valence-corrected chi connectivity index (χ3v) is 3.67. The molecule has 3 rings (SSSR count). The molecule has 3 N–H and O–H groups in total. The van der Waals surface area contributed by atoms with Crippen LogP contribution in [-0.2, 0) is 7.05 Å². The summed E-state index contributed by atoms with van der Waals surface area (Å²) in [4.78, 5) is 8.55. The van der Waals surface area contributed by atoms with Crippen molar-refractivity contribution < 1.29 is 0 Å². The standard InChI is InChI=1S/C12H18N6/c1-18-12-8(6-16-18)11(14-7-15-12)17-10-5-3-2-4-9(10)13/h6-7,9-10H,2-5,13H2,1H3,(H,14,15,17). The van der Waals surface area contributed by atoms with E-state index < -0.39 is 0 Å². The van der Waals surface area contributed by atoms with Gasteiger partial charge in [-0.25, -0.2) is 9.97 Å². The third kappa shape index (κ3) is 1.92. The summed E-state index contributed by atoms with van der Waals surface area (Å²) in [5.74, 6) is 0.843. The number of nitrogens with one attached hydrogen (secondary N) is 1. The Balaban J connectivity index is 1.90. The van der Waals surface area contributed by atoms with E-state index >= 15 is 0 Å². The molecule has 2 unspecified atom stereocenters. The van der Waals surface area contributed by atoms with E-state index in [0.717, 1.165) is 29.7 Å². The fourth-order valence-corrected chi connectivity index (χ4v) is 2.59. The van der Waals surface area contributed by atoms with Gasteiger partial charge in [0.25, 0.3) is 0 Å². The first-order chi connectivity index (χ1) is 8.75. The van der Waals surface area contributed by atoms with Crippen molar-refractivity contribution in [2.75, 3.05) is 5.32 Å². The Bertz CT molecular complexity index is 548. The number of hydrogen-bond donors (Lipinski definition) is 2. The van der Waals surface area contributed by atoms with Crippen LogP contribution >= 0.6 is 0 Å². The van der Waals surface area contributed by atoms with Gasteiger partial charge in [0.15, 0.2) is 5.65 Å². The molecule has 0 aromatic carbocycles. The molecule has 2 heterocycles. The van der Waals surface area contributed by atoms with Crippen LogP contribution in [0.15, 0.2) is 12.5 Å². The second-order valence-electron chi connectivity index (χ2n) is 4.93. The van der Waals surface area contributed by atoms with E-state index in [9.17, 15) is 0 Å². The van der Waals surface area contributed by atoms with E-state index in [1.54, 1.807) is 17.2 Å². The zero-order valence-electron chi connectivity index (χ0n) is 10.5. The minimum absolute atomic E-state index is 0.209. The maximum absolute atomic E-state index is 6.15. The summed E-state index contributed by atoms with van der Waals surface area (Å²) in [6.45, 7) is 0. The molecule has 6 nitrogen and oxygen atoms in total. The average Bonchev–Trinajstić information content (AvgIpc) is 2.76. The van der Waals surface area contributed by atoms with Gasteiger partial charge in [-0.15, -0.1) is 0 Å². The monoisotopic (exact) mass is 246 g/mol. The SMILES string of the molecule is Cn1ncc2c(NC3CCCCC3N)ncnc21. The summed E-state index contributed by atoms with van der Waals surface area (Å²) >= 11 is 0. The van der Waals surface area contributed by atoms with Crippen LogP contribution in [0.4, 0.5) is 5.82 Å². The quantitative estimate of drug-likeness (QED) is 0.827. The number of hydrogen-bond acceptors (Lipinski definition) is 5. The van der Waals surface area contributed by atoms with Crippen LogP contribution in [0.5, 0.6) is 0 Å². The van der Waals surface area contributed by atoms with Gasteiger partial charge in [-0.3, -0.25) is 4.68 Å². The number of fused-ring (bicyclic) bond motifs is 1. The molecule has 1 aliphatic rings. The Hall–Kier alpha value is -1.69. The Labute approximate surface area is 106 Å². The van der Waals surface area contributed by atoms with E-state index in [1.165, 1.54) is 12.8 Å². The van der Waals surface area contributed by atoms with E-state index in [2.05, 4.69) is 20.4 Å². The number of aryl methyl sites for hydroxylation is 1. The minimum Gasteiger partial charge on any atom is -0.365 e. The van der Waals surface area contributed by atoms with Crippen molar-refractivity contribution in [2.45, 2.75) is 37.8 Å². The van der Waals surface area contributed by atoms with Crippen molar-refractivity contribution in [3.05, 3.63) is 12.5 Å². The van der Waals surface area contributed by atoms with Crippen molar-refractivity contribution in [2.24, 2.45) is 12.8 Å². The molecule has 96 valence electrons. The van der Waals surface area contributed by atoms with Crippen LogP contribution in [0.2, 0.25) is 0 Å². The van der Waals surface area contributed by atoms with Gasteiger partial charge in [-0.05, 0) is 12.8 Å². The fourth-order valence-electron chi connectivity index (χ4n) is 2.59. The lowest BCUT2D eigenvalue weighted by molar-refractivity contribution is 0.403. The second-order valence-corrected chi connectivity index (χ2v) is 4.93. The molecule has 1 aliphatic carbocycles. The Kier molecular flexibility index (Phi) is 2.87. The first-order valence-corrected chi connectivity index (χ1v) is 6.40. The maximum atomic E-state index is 6.15. The fraction of sp³-hybridized carbons (Fsp3) is 0.583. The highest BCUT2D eigenvalue weighted by Crippen LogP contribution is 2.23. The van der Waals surface area contributed by atoms with Gasteiger partial charge in [0, 0.05) is 19.1 Å². The number of rotatable bonds is 2. The maximum Gasteiger partial charge on any atom is 0.163 e. The van der Waals surface area contributed by atoms with Crippen LogP contribution in [-0.4, -0.2) is 31.8 Å². The average molecular weight is 246 g/mol. The van der Waals surface area contributed by atoms with Gasteiger partial charge < -0.3 is 11.1 Å². The summed E-state index contributed by atoms with van der Waals surface area (Å²) < 4.78 is 1.75. The normalized spacial score (nSPS) is 24.3. The zero-order chi connectivity index (χ0) is 12.5. The van der Waals surface area contributed by atoms with Gasteiger partial charge in [0.1, 0.15) is 12.1 Å². The first kappa shape index (κ1) is 11.4. The van der Waals surface area contributed by atoms with Crippen LogP contribution in [0.25, 0.3) is 11.0 Å². The highest BCUT2D eigenvalue weighted by Gasteiger charge is 2.22. The molecule has 2 atom stereocenters. The Morgan fingerprint density at radius 3 is 3.00 bits per heavy atom. The van der Waals surface area contributed by atoms with Crippen molar-refractivity contribution in [1.82, 2.24) is 19.7 Å². The smallest absolute Gasteiger partial charge is 0.163 e. The first-order valence-electron chi connectivity index (χ1n) is 6.40. The molecule has 0 spiro atoms. The van der Waals surface area contributed by atoms with Crippen LogP contribution < -0.4 is 11.1 Å². The van der Waals surface area contributed by atoms with E-state index in [1.807, 2.05) is 7.05 Å². The van der Waals surface area contributed by atoms with Gasteiger partial charge >= 0.3 is 0 Å².